The van der Waals surface area contributed by atoms with Gasteiger partial charge in [-0.1, -0.05) is 48.4 Å². The molecule has 4 rings (SSSR count). The molecule has 0 bridgehead atoms. The summed E-state index contributed by atoms with van der Waals surface area (Å²) in [7, 11) is -3.50. The Kier molecular flexibility index (Phi) is 7.25. The number of piperidine rings is 1. The summed E-state index contributed by atoms with van der Waals surface area (Å²) in [6.07, 6.45) is 3.00. The van der Waals surface area contributed by atoms with E-state index in [1.165, 1.54) is 11.3 Å². The lowest BCUT2D eigenvalue weighted by Gasteiger charge is -2.26. The van der Waals surface area contributed by atoms with E-state index in [-0.39, 0.29) is 23.8 Å². The molecular formula is C23H24ClN3O3S2. The number of rotatable bonds is 7. The molecule has 0 radical (unpaired) electrons. The first-order valence-electron chi connectivity index (χ1n) is 10.5. The second-order valence-electron chi connectivity index (χ2n) is 7.69. The van der Waals surface area contributed by atoms with Gasteiger partial charge >= 0.3 is 0 Å². The number of nitrogens with one attached hydrogen (secondary N) is 1. The van der Waals surface area contributed by atoms with Gasteiger partial charge in [-0.3, -0.25) is 4.79 Å². The Hall–Kier alpha value is -2.26. The van der Waals surface area contributed by atoms with Gasteiger partial charge in [-0.05, 0) is 36.6 Å². The molecule has 1 aliphatic rings. The number of thiazole rings is 1. The van der Waals surface area contributed by atoms with Crippen molar-refractivity contribution in [2.45, 2.75) is 37.1 Å². The van der Waals surface area contributed by atoms with Crippen LogP contribution < -0.4 is 5.32 Å². The fourth-order valence-corrected chi connectivity index (χ4v) is 6.37. The van der Waals surface area contributed by atoms with E-state index < -0.39 is 10.0 Å². The quantitative estimate of drug-likeness (QED) is 0.530. The number of carbonyl (C=O) groups is 1. The molecular weight excluding hydrogens is 466 g/mol. The first-order valence-corrected chi connectivity index (χ1v) is 13.2. The molecule has 1 aliphatic heterocycles. The Balaban J connectivity index is 1.37. The number of carbonyl (C=O) groups excluding carboxylic acids is 1. The zero-order valence-corrected chi connectivity index (χ0v) is 19.8. The smallest absolute Gasteiger partial charge is 0.243 e. The van der Waals surface area contributed by atoms with Crippen molar-refractivity contribution in [3.05, 3.63) is 70.2 Å². The Labute approximate surface area is 197 Å². The third kappa shape index (κ3) is 5.38. The van der Waals surface area contributed by atoms with Gasteiger partial charge in [0.25, 0.3) is 0 Å². The number of amides is 1. The van der Waals surface area contributed by atoms with Gasteiger partial charge < -0.3 is 5.32 Å². The standard InChI is InChI=1S/C23H24ClN3O3S2/c24-21-10-3-2-9-20(21)23-26-18(16-31-23)14-22(28)25-15-17-7-6-8-19(13-17)32(29,30)27-11-4-1-5-12-27/h2-3,6-10,13,16H,1,4-5,11-12,14-15H2,(H,25,28). The second-order valence-corrected chi connectivity index (χ2v) is 10.9. The molecule has 168 valence electrons. The van der Waals surface area contributed by atoms with E-state index in [0.717, 1.165) is 35.4 Å². The van der Waals surface area contributed by atoms with Gasteiger partial charge in [-0.2, -0.15) is 4.31 Å². The zero-order chi connectivity index (χ0) is 22.6. The topological polar surface area (TPSA) is 79.4 Å². The lowest BCUT2D eigenvalue weighted by molar-refractivity contribution is -0.120. The maximum Gasteiger partial charge on any atom is 0.243 e. The van der Waals surface area contributed by atoms with Crippen LogP contribution >= 0.6 is 22.9 Å². The number of halogens is 1. The summed E-state index contributed by atoms with van der Waals surface area (Å²) < 4.78 is 27.3. The normalized spacial score (nSPS) is 14.9. The van der Waals surface area contributed by atoms with Crippen LogP contribution in [0.15, 0.2) is 58.8 Å². The van der Waals surface area contributed by atoms with Crippen LogP contribution in [0.25, 0.3) is 10.6 Å². The maximum absolute atomic E-state index is 12.9. The van der Waals surface area contributed by atoms with E-state index in [4.69, 9.17) is 11.6 Å². The van der Waals surface area contributed by atoms with Gasteiger partial charge in [0.05, 0.1) is 22.0 Å². The monoisotopic (exact) mass is 489 g/mol. The predicted molar refractivity (Wildman–Crippen MR) is 127 cm³/mol. The van der Waals surface area contributed by atoms with E-state index in [9.17, 15) is 13.2 Å². The Morgan fingerprint density at radius 3 is 2.66 bits per heavy atom. The van der Waals surface area contributed by atoms with Crippen molar-refractivity contribution in [1.82, 2.24) is 14.6 Å². The highest BCUT2D eigenvalue weighted by atomic mass is 35.5. The minimum absolute atomic E-state index is 0.146. The lowest BCUT2D eigenvalue weighted by atomic mass is 10.2. The van der Waals surface area contributed by atoms with Gasteiger partial charge in [-0.15, -0.1) is 11.3 Å². The minimum atomic E-state index is -3.50. The average Bonchev–Trinajstić information content (AvgIpc) is 3.27. The molecule has 1 aromatic heterocycles. The highest BCUT2D eigenvalue weighted by Crippen LogP contribution is 2.30. The van der Waals surface area contributed by atoms with Crippen LogP contribution in [0.4, 0.5) is 0 Å². The molecule has 2 aromatic carbocycles. The first-order chi connectivity index (χ1) is 15.4. The SMILES string of the molecule is O=C(Cc1csc(-c2ccccc2Cl)n1)NCc1cccc(S(=O)(=O)N2CCCCC2)c1. The summed E-state index contributed by atoms with van der Waals surface area (Å²) in [5.74, 6) is -0.176. The van der Waals surface area contributed by atoms with Crippen LogP contribution in [0.3, 0.4) is 0 Å². The molecule has 1 amide bonds. The zero-order valence-electron chi connectivity index (χ0n) is 17.5. The Morgan fingerprint density at radius 2 is 1.88 bits per heavy atom. The lowest BCUT2D eigenvalue weighted by Crippen LogP contribution is -2.35. The van der Waals surface area contributed by atoms with E-state index >= 15 is 0 Å². The number of sulfonamides is 1. The molecule has 0 aliphatic carbocycles. The fourth-order valence-electron chi connectivity index (χ4n) is 3.64. The average molecular weight is 490 g/mol. The van der Waals surface area contributed by atoms with E-state index in [2.05, 4.69) is 10.3 Å². The minimum Gasteiger partial charge on any atom is -0.352 e. The number of benzene rings is 2. The van der Waals surface area contributed by atoms with Crippen LogP contribution in [0.2, 0.25) is 5.02 Å². The van der Waals surface area contributed by atoms with Gasteiger partial charge in [0.2, 0.25) is 15.9 Å². The molecule has 0 unspecified atom stereocenters. The van der Waals surface area contributed by atoms with Crippen molar-refractivity contribution in [3.63, 3.8) is 0 Å². The Bertz CT molecular complexity index is 1200. The maximum atomic E-state index is 12.9. The molecule has 0 spiro atoms. The van der Waals surface area contributed by atoms with Gasteiger partial charge in [0, 0.05) is 30.6 Å². The third-order valence-corrected chi connectivity index (χ3v) is 8.49. The van der Waals surface area contributed by atoms with Crippen LogP contribution in [-0.2, 0) is 27.8 Å². The summed E-state index contributed by atoms with van der Waals surface area (Å²) in [6.45, 7) is 1.38. The molecule has 0 atom stereocenters. The van der Waals surface area contributed by atoms with Crippen LogP contribution in [0.5, 0.6) is 0 Å². The highest BCUT2D eigenvalue weighted by Gasteiger charge is 2.26. The first kappa shape index (κ1) is 22.9. The van der Waals surface area contributed by atoms with Crippen LogP contribution in [-0.4, -0.2) is 36.7 Å². The highest BCUT2D eigenvalue weighted by molar-refractivity contribution is 7.89. The van der Waals surface area contributed by atoms with Crippen molar-refractivity contribution in [3.8, 4) is 10.6 Å². The molecule has 6 nitrogen and oxygen atoms in total. The van der Waals surface area contributed by atoms with Crippen molar-refractivity contribution < 1.29 is 13.2 Å². The molecule has 1 saturated heterocycles. The van der Waals surface area contributed by atoms with E-state index in [1.807, 2.05) is 35.7 Å². The fraction of sp³-hybridized carbons (Fsp3) is 0.304. The number of hydrogen-bond donors (Lipinski definition) is 1. The second kappa shape index (κ2) is 10.1. The number of hydrogen-bond acceptors (Lipinski definition) is 5. The van der Waals surface area contributed by atoms with Crippen molar-refractivity contribution in [1.29, 1.82) is 0 Å². The summed E-state index contributed by atoms with van der Waals surface area (Å²) in [5.41, 5.74) is 2.26. The van der Waals surface area contributed by atoms with Crippen molar-refractivity contribution >= 4 is 38.9 Å². The van der Waals surface area contributed by atoms with Gasteiger partial charge in [0.1, 0.15) is 5.01 Å². The van der Waals surface area contributed by atoms with Crippen molar-refractivity contribution in [2.75, 3.05) is 13.1 Å². The summed E-state index contributed by atoms with van der Waals surface area (Å²) >= 11 is 7.67. The summed E-state index contributed by atoms with van der Waals surface area (Å²) in [5, 5.41) is 6.10. The molecule has 9 heteroatoms. The molecule has 2 heterocycles. The summed E-state index contributed by atoms with van der Waals surface area (Å²) in [4.78, 5) is 17.2. The molecule has 1 fully saturated rings. The number of nitrogens with zero attached hydrogens (tertiary/aromatic N) is 2. The van der Waals surface area contributed by atoms with E-state index in [0.29, 0.717) is 23.8 Å². The van der Waals surface area contributed by atoms with Crippen LogP contribution in [0, 0.1) is 0 Å². The van der Waals surface area contributed by atoms with Gasteiger partial charge in [0.15, 0.2) is 0 Å². The van der Waals surface area contributed by atoms with E-state index in [1.54, 1.807) is 22.5 Å². The molecule has 1 N–H and O–H groups in total. The third-order valence-electron chi connectivity index (χ3n) is 5.34. The molecule has 32 heavy (non-hydrogen) atoms. The number of aromatic nitrogens is 1. The van der Waals surface area contributed by atoms with Crippen LogP contribution in [0.1, 0.15) is 30.5 Å². The molecule has 0 saturated carbocycles. The summed E-state index contributed by atoms with van der Waals surface area (Å²) in [6, 6.07) is 14.3. The van der Waals surface area contributed by atoms with Crippen molar-refractivity contribution in [2.24, 2.45) is 0 Å². The predicted octanol–water partition coefficient (Wildman–Crippen LogP) is 4.50. The molecule has 3 aromatic rings. The van der Waals surface area contributed by atoms with Gasteiger partial charge in [-0.25, -0.2) is 13.4 Å². The Morgan fingerprint density at radius 1 is 1.09 bits per heavy atom. The largest absolute Gasteiger partial charge is 0.352 e.